The Labute approximate surface area is 154 Å². The average molecular weight is 226 g/mol. The van der Waals surface area contributed by atoms with Gasteiger partial charge in [0.1, 0.15) is 0 Å². The molecule has 7 heteroatoms. The summed E-state index contributed by atoms with van der Waals surface area (Å²) >= 11 is 10.4. The van der Waals surface area contributed by atoms with Crippen LogP contribution in [0, 0.1) is 0 Å². The smallest absolute Gasteiger partial charge is 0.759 e. The summed E-state index contributed by atoms with van der Waals surface area (Å²) in [7, 11) is 0. The van der Waals surface area contributed by atoms with Crippen LogP contribution in [0.5, 0.6) is 0 Å². The fourth-order valence-corrected chi connectivity index (χ4v) is 0.835. The molecule has 38 valence electrons. The van der Waals surface area contributed by atoms with E-state index in [1.54, 1.807) is 0 Å². The molecular formula is C2K2N2S3. The quantitative estimate of drug-likeness (QED) is 0.325. The van der Waals surface area contributed by atoms with Gasteiger partial charge in [-0.15, -0.1) is 4.21 Å². The average Bonchev–Trinajstić information content (AvgIpc) is 1.91. The van der Waals surface area contributed by atoms with Crippen molar-refractivity contribution in [2.75, 3.05) is 0 Å². The third-order valence-corrected chi connectivity index (χ3v) is 1.91. The molecule has 0 aliphatic heterocycles. The van der Waals surface area contributed by atoms with Gasteiger partial charge in [-0.05, 0) is 0 Å². The molecule has 0 N–H and O–H groups in total. The Morgan fingerprint density at radius 2 is 1.78 bits per heavy atom. The van der Waals surface area contributed by atoms with E-state index >= 15 is 0 Å². The summed E-state index contributed by atoms with van der Waals surface area (Å²) in [5, 5.41) is 3.94. The van der Waals surface area contributed by atoms with E-state index in [2.05, 4.69) is 34.8 Å². The van der Waals surface area contributed by atoms with E-state index in [0.717, 1.165) is 11.5 Å². The van der Waals surface area contributed by atoms with Crippen LogP contribution in [-0.4, -0.2) is 9.59 Å². The second-order valence-electron chi connectivity index (χ2n) is 0.866. The Morgan fingerprint density at radius 1 is 1.22 bits per heavy atom. The molecule has 0 aliphatic rings. The Hall–Kier alpha value is 3.27. The van der Waals surface area contributed by atoms with Crippen molar-refractivity contribution in [1.29, 1.82) is 0 Å². The molecule has 0 aromatic carbocycles. The van der Waals surface area contributed by atoms with E-state index in [1.165, 1.54) is 0 Å². The molecule has 0 saturated carbocycles. The predicted octanol–water partition coefficient (Wildman–Crippen LogP) is -5.64. The number of hydrogen-bond donors (Lipinski definition) is 0. The van der Waals surface area contributed by atoms with E-state index in [4.69, 9.17) is 0 Å². The SMILES string of the molecule is [K+].[K+].[S-]c1nnsc1[S-]. The first-order valence-electron chi connectivity index (χ1n) is 1.47. The summed E-state index contributed by atoms with van der Waals surface area (Å²) in [6.45, 7) is 0. The van der Waals surface area contributed by atoms with Gasteiger partial charge in [0.05, 0.1) is 0 Å². The summed E-state index contributed by atoms with van der Waals surface area (Å²) in [5.41, 5.74) is 0. The van der Waals surface area contributed by atoms with Gasteiger partial charge in [0.2, 0.25) is 0 Å². The standard InChI is InChI=1S/C2H2N2S3.2K/c5-1-2(6)7-4-3-1;;/h5-6H;;/q;2*+1/p-2. The van der Waals surface area contributed by atoms with Gasteiger partial charge in [-0.3, -0.25) is 0 Å². The van der Waals surface area contributed by atoms with Crippen LogP contribution < -0.4 is 103 Å². The molecule has 0 amide bonds. The summed E-state index contributed by atoms with van der Waals surface area (Å²) in [5.74, 6) is 0. The molecule has 1 heterocycles. The second kappa shape index (κ2) is 7.90. The first kappa shape index (κ1) is 14.8. The van der Waals surface area contributed by atoms with Gasteiger partial charge in [-0.25, -0.2) is 16.0 Å². The van der Waals surface area contributed by atoms with E-state index < -0.39 is 0 Å². The summed E-state index contributed by atoms with van der Waals surface area (Å²) < 4.78 is 4.11. The van der Waals surface area contributed by atoms with Gasteiger partial charge in [-0.1, -0.05) is 5.03 Å². The first-order chi connectivity index (χ1) is 3.30. The molecule has 9 heavy (non-hydrogen) atoms. The van der Waals surface area contributed by atoms with Crippen molar-refractivity contribution in [2.45, 2.75) is 9.24 Å². The molecule has 0 bridgehead atoms. The molecular weight excluding hydrogens is 226 g/mol. The zero-order chi connectivity index (χ0) is 5.28. The Kier molecular flexibility index (Phi) is 13.0. The minimum absolute atomic E-state index is 0. The van der Waals surface area contributed by atoms with Crippen LogP contribution >= 0.6 is 11.5 Å². The molecule has 0 fully saturated rings. The zero-order valence-corrected chi connectivity index (χ0v) is 13.8. The van der Waals surface area contributed by atoms with E-state index in [1.807, 2.05) is 0 Å². The van der Waals surface area contributed by atoms with Crippen molar-refractivity contribution in [3.05, 3.63) is 0 Å². The summed E-state index contributed by atoms with van der Waals surface area (Å²) in [6.07, 6.45) is 0. The van der Waals surface area contributed by atoms with Crippen LogP contribution in [0.25, 0.3) is 0 Å². The molecule has 1 aromatic rings. The van der Waals surface area contributed by atoms with E-state index in [9.17, 15) is 0 Å². The minimum Gasteiger partial charge on any atom is -0.759 e. The molecule has 1 aromatic heterocycles. The number of aromatic nitrogens is 2. The maximum Gasteiger partial charge on any atom is 1.00 e. The largest absolute Gasteiger partial charge is 1.00 e. The summed E-state index contributed by atoms with van der Waals surface area (Å²) in [6, 6.07) is 0. The van der Waals surface area contributed by atoms with Crippen molar-refractivity contribution >= 4 is 36.8 Å². The third-order valence-electron chi connectivity index (χ3n) is 0.430. The van der Waals surface area contributed by atoms with Crippen LogP contribution in [0.3, 0.4) is 0 Å². The van der Waals surface area contributed by atoms with Gasteiger partial charge >= 0.3 is 103 Å². The maximum atomic E-state index is 4.68. The van der Waals surface area contributed by atoms with Crippen LogP contribution in [0.2, 0.25) is 0 Å². The maximum absolute atomic E-state index is 4.68. The van der Waals surface area contributed by atoms with Crippen LogP contribution in [-0.2, 0) is 25.3 Å². The number of rotatable bonds is 0. The van der Waals surface area contributed by atoms with Gasteiger partial charge < -0.3 is 25.3 Å². The minimum atomic E-state index is 0. The molecule has 0 unspecified atom stereocenters. The van der Waals surface area contributed by atoms with Gasteiger partial charge in [-0.2, -0.15) is 5.10 Å². The van der Waals surface area contributed by atoms with Gasteiger partial charge in [0, 0.05) is 0 Å². The van der Waals surface area contributed by atoms with Crippen molar-refractivity contribution < 1.29 is 103 Å². The molecule has 0 saturated heterocycles. The summed E-state index contributed by atoms with van der Waals surface area (Å²) in [4.78, 5) is 0. The Bertz CT molecular complexity index is 150. The van der Waals surface area contributed by atoms with E-state index in [-0.39, 0.29) is 103 Å². The van der Waals surface area contributed by atoms with Crippen LogP contribution in [0.15, 0.2) is 9.24 Å². The van der Waals surface area contributed by atoms with Crippen LogP contribution in [0.4, 0.5) is 0 Å². The predicted molar refractivity (Wildman–Crippen MR) is 31.2 cm³/mol. The molecule has 1 rings (SSSR count). The molecule has 0 spiro atoms. The fourth-order valence-electron chi connectivity index (χ4n) is 0.174. The second-order valence-corrected chi connectivity index (χ2v) is 2.67. The van der Waals surface area contributed by atoms with Crippen LogP contribution in [0.1, 0.15) is 0 Å². The fraction of sp³-hybridized carbons (Fsp3) is 0. The van der Waals surface area contributed by atoms with Gasteiger partial charge in [0.15, 0.2) is 0 Å². The van der Waals surface area contributed by atoms with Crippen molar-refractivity contribution in [1.82, 2.24) is 9.59 Å². The molecule has 0 atom stereocenters. The molecule has 0 aliphatic carbocycles. The third kappa shape index (κ3) is 5.50. The Balaban J connectivity index is 0. The van der Waals surface area contributed by atoms with Gasteiger partial charge in [0.25, 0.3) is 0 Å². The normalized spacial score (nSPS) is 7.11. The number of hydrogen-bond acceptors (Lipinski definition) is 5. The van der Waals surface area contributed by atoms with Crippen molar-refractivity contribution in [2.24, 2.45) is 0 Å². The topological polar surface area (TPSA) is 25.8 Å². The Morgan fingerprint density at radius 3 is 1.89 bits per heavy atom. The number of nitrogens with zero attached hydrogens (tertiary/aromatic N) is 2. The monoisotopic (exact) mass is 226 g/mol. The first-order valence-corrected chi connectivity index (χ1v) is 3.06. The van der Waals surface area contributed by atoms with Crippen molar-refractivity contribution in [3.8, 4) is 0 Å². The van der Waals surface area contributed by atoms with E-state index in [0.29, 0.717) is 9.24 Å². The zero-order valence-electron chi connectivity index (χ0n) is 5.12. The molecule has 2 nitrogen and oxygen atoms in total. The molecule has 0 radical (unpaired) electrons. The van der Waals surface area contributed by atoms with Crippen molar-refractivity contribution in [3.63, 3.8) is 0 Å².